The van der Waals surface area contributed by atoms with E-state index in [-0.39, 0.29) is 27.9 Å². The first kappa shape index (κ1) is 15.4. The predicted molar refractivity (Wildman–Crippen MR) is 83.3 cm³/mol. The quantitative estimate of drug-likeness (QED) is 0.902. The fourth-order valence-electron chi connectivity index (χ4n) is 2.82. The number of aryl methyl sites for hydroxylation is 1. The zero-order chi connectivity index (χ0) is 16.6. The smallest absolute Gasteiger partial charge is 0.244 e. The molecule has 2 heterocycles. The molecule has 0 saturated heterocycles. The lowest BCUT2D eigenvalue weighted by Crippen LogP contribution is -2.22. The molecule has 23 heavy (non-hydrogen) atoms. The molecule has 0 spiro atoms. The second-order valence-electron chi connectivity index (χ2n) is 5.23. The Morgan fingerprint density at radius 1 is 1.48 bits per heavy atom. The van der Waals surface area contributed by atoms with E-state index in [1.165, 1.54) is 12.1 Å². The number of allylic oxidation sites excluding steroid dienone is 1. The molecule has 0 bridgehead atoms. The van der Waals surface area contributed by atoms with E-state index in [4.69, 9.17) is 22.1 Å². The molecule has 1 aliphatic rings. The van der Waals surface area contributed by atoms with E-state index < -0.39 is 11.7 Å². The van der Waals surface area contributed by atoms with Crippen molar-refractivity contribution < 1.29 is 9.13 Å². The highest BCUT2D eigenvalue weighted by Crippen LogP contribution is 2.45. The van der Waals surface area contributed by atoms with Crippen LogP contribution >= 0.6 is 11.6 Å². The minimum absolute atomic E-state index is 0.0844. The van der Waals surface area contributed by atoms with Crippen LogP contribution in [0.25, 0.3) is 0 Å². The number of fused-ring (bicyclic) bond motifs is 1. The average Bonchev–Trinajstić information content (AvgIpc) is 2.90. The Bertz CT molecular complexity index is 817. The summed E-state index contributed by atoms with van der Waals surface area (Å²) in [6.07, 6.45) is 1.54. The number of nitriles is 1. The lowest BCUT2D eigenvalue weighted by Gasteiger charge is -2.25. The number of benzene rings is 1. The van der Waals surface area contributed by atoms with Crippen LogP contribution < -0.4 is 10.5 Å². The van der Waals surface area contributed by atoms with Crippen LogP contribution in [0.4, 0.5) is 4.39 Å². The Kier molecular flexibility index (Phi) is 3.97. The molecule has 0 radical (unpaired) electrons. The van der Waals surface area contributed by atoms with Crippen LogP contribution in [-0.2, 0) is 6.42 Å². The van der Waals surface area contributed by atoms with Gasteiger partial charge < -0.3 is 10.5 Å². The Hall–Kier alpha value is -2.52. The van der Waals surface area contributed by atoms with Crippen molar-refractivity contribution in [2.45, 2.75) is 25.7 Å². The lowest BCUT2D eigenvalue weighted by atomic mass is 9.83. The molecule has 2 aromatic rings. The van der Waals surface area contributed by atoms with Gasteiger partial charge in [-0.3, -0.25) is 5.10 Å². The fourth-order valence-corrected chi connectivity index (χ4v) is 3.10. The van der Waals surface area contributed by atoms with Crippen LogP contribution in [0.15, 0.2) is 29.7 Å². The Morgan fingerprint density at radius 3 is 2.91 bits per heavy atom. The summed E-state index contributed by atoms with van der Waals surface area (Å²) in [5.74, 6) is -1.06. The van der Waals surface area contributed by atoms with Gasteiger partial charge in [0.25, 0.3) is 0 Å². The number of ether oxygens (including phenoxy) is 1. The second-order valence-corrected chi connectivity index (χ2v) is 5.64. The first-order valence-corrected chi connectivity index (χ1v) is 7.54. The van der Waals surface area contributed by atoms with Crippen molar-refractivity contribution in [1.29, 1.82) is 5.26 Å². The predicted octanol–water partition coefficient (Wildman–Crippen LogP) is 3.37. The molecule has 0 amide bonds. The van der Waals surface area contributed by atoms with Gasteiger partial charge in [-0.05, 0) is 18.6 Å². The van der Waals surface area contributed by atoms with Gasteiger partial charge in [-0.1, -0.05) is 31.0 Å². The number of H-pyrrole nitrogens is 1. The summed E-state index contributed by atoms with van der Waals surface area (Å²) in [5.41, 5.74) is 7.56. The molecule has 5 nitrogen and oxygen atoms in total. The van der Waals surface area contributed by atoms with E-state index in [0.717, 1.165) is 12.1 Å². The molecule has 1 aromatic heterocycles. The molecule has 1 aromatic carbocycles. The van der Waals surface area contributed by atoms with Crippen LogP contribution in [0.1, 0.15) is 36.1 Å². The highest BCUT2D eigenvalue weighted by Gasteiger charge is 2.37. The van der Waals surface area contributed by atoms with Gasteiger partial charge in [-0.25, -0.2) is 4.39 Å². The molecule has 3 N–H and O–H groups in total. The molecular formula is C16H14ClFN4O. The molecule has 1 aliphatic heterocycles. The molecule has 0 fully saturated rings. The molecular weight excluding hydrogens is 319 g/mol. The summed E-state index contributed by atoms with van der Waals surface area (Å²) in [6.45, 7) is 2.01. The molecule has 7 heteroatoms. The van der Waals surface area contributed by atoms with Crippen LogP contribution in [0.3, 0.4) is 0 Å². The van der Waals surface area contributed by atoms with Crippen molar-refractivity contribution in [3.05, 3.63) is 57.3 Å². The van der Waals surface area contributed by atoms with Gasteiger partial charge in [0, 0.05) is 16.3 Å². The third-order valence-corrected chi connectivity index (χ3v) is 4.14. The number of aromatic nitrogens is 2. The van der Waals surface area contributed by atoms with Crippen molar-refractivity contribution in [2.75, 3.05) is 0 Å². The highest BCUT2D eigenvalue weighted by atomic mass is 35.5. The maximum Gasteiger partial charge on any atom is 0.244 e. The Balaban J connectivity index is 2.29. The molecule has 3 rings (SSSR count). The summed E-state index contributed by atoms with van der Waals surface area (Å²) >= 11 is 6.21. The van der Waals surface area contributed by atoms with Crippen molar-refractivity contribution in [3.8, 4) is 11.9 Å². The SMILES string of the molecule is CCCc1[nH]nc2c1C(c1c(F)cccc1Cl)C(C#N)=C(N)O2. The zero-order valence-electron chi connectivity index (χ0n) is 12.4. The third kappa shape index (κ3) is 2.43. The number of halogens is 2. The summed E-state index contributed by atoms with van der Waals surface area (Å²) in [5, 5.41) is 16.7. The molecule has 118 valence electrons. The van der Waals surface area contributed by atoms with Gasteiger partial charge in [-0.15, -0.1) is 5.10 Å². The molecule has 1 unspecified atom stereocenters. The van der Waals surface area contributed by atoms with E-state index in [9.17, 15) is 9.65 Å². The number of aromatic amines is 1. The largest absolute Gasteiger partial charge is 0.420 e. The summed E-state index contributed by atoms with van der Waals surface area (Å²) in [6, 6.07) is 6.43. The minimum Gasteiger partial charge on any atom is -0.420 e. The first-order chi connectivity index (χ1) is 11.1. The Morgan fingerprint density at radius 2 is 2.26 bits per heavy atom. The van der Waals surface area contributed by atoms with E-state index in [2.05, 4.69) is 10.2 Å². The van der Waals surface area contributed by atoms with Crippen molar-refractivity contribution in [3.63, 3.8) is 0 Å². The summed E-state index contributed by atoms with van der Waals surface area (Å²) in [7, 11) is 0. The third-order valence-electron chi connectivity index (χ3n) is 3.81. The monoisotopic (exact) mass is 332 g/mol. The topological polar surface area (TPSA) is 87.7 Å². The fraction of sp³-hybridized carbons (Fsp3) is 0.250. The molecule has 0 aliphatic carbocycles. The normalized spacial score (nSPS) is 16.7. The van der Waals surface area contributed by atoms with Gasteiger partial charge in [0.05, 0.1) is 11.5 Å². The molecule has 1 atom stereocenters. The minimum atomic E-state index is -0.738. The van der Waals surface area contributed by atoms with Crippen LogP contribution in [0, 0.1) is 17.1 Å². The van der Waals surface area contributed by atoms with E-state index >= 15 is 0 Å². The maximum atomic E-state index is 14.5. The summed E-state index contributed by atoms with van der Waals surface area (Å²) < 4.78 is 19.9. The second kappa shape index (κ2) is 5.94. The molecule has 0 saturated carbocycles. The standard InChI is InChI=1S/C16H14ClFN4O/c1-2-4-11-14-12(13-9(17)5-3-6-10(13)18)8(7-19)15(20)23-16(14)22-21-11/h3,5-6,12H,2,4,20H2,1H3,(H,21,22). The number of nitrogens with two attached hydrogens (primary N) is 1. The number of rotatable bonds is 3. The van der Waals surface area contributed by atoms with Crippen molar-refractivity contribution in [1.82, 2.24) is 10.2 Å². The van der Waals surface area contributed by atoms with Crippen molar-refractivity contribution >= 4 is 11.6 Å². The average molecular weight is 333 g/mol. The van der Waals surface area contributed by atoms with Gasteiger partial charge >= 0.3 is 0 Å². The Labute approximate surface area is 137 Å². The van der Waals surface area contributed by atoms with Crippen molar-refractivity contribution in [2.24, 2.45) is 5.73 Å². The van der Waals surface area contributed by atoms with Crippen LogP contribution in [0.2, 0.25) is 5.02 Å². The van der Waals surface area contributed by atoms with Gasteiger partial charge in [0.2, 0.25) is 11.8 Å². The number of nitrogens with zero attached hydrogens (tertiary/aromatic N) is 2. The highest BCUT2D eigenvalue weighted by molar-refractivity contribution is 6.31. The maximum absolute atomic E-state index is 14.5. The summed E-state index contributed by atoms with van der Waals surface area (Å²) in [4.78, 5) is 0. The zero-order valence-corrected chi connectivity index (χ0v) is 13.1. The number of hydrogen-bond acceptors (Lipinski definition) is 4. The van der Waals surface area contributed by atoms with E-state index in [1.54, 1.807) is 6.07 Å². The van der Waals surface area contributed by atoms with E-state index in [0.29, 0.717) is 12.0 Å². The van der Waals surface area contributed by atoms with Gasteiger partial charge in [0.1, 0.15) is 17.5 Å². The van der Waals surface area contributed by atoms with Gasteiger partial charge in [-0.2, -0.15) is 5.26 Å². The number of nitrogens with one attached hydrogen (secondary N) is 1. The van der Waals surface area contributed by atoms with Crippen LogP contribution in [-0.4, -0.2) is 10.2 Å². The van der Waals surface area contributed by atoms with Gasteiger partial charge in [0.15, 0.2) is 0 Å². The lowest BCUT2D eigenvalue weighted by molar-refractivity contribution is 0.377. The first-order valence-electron chi connectivity index (χ1n) is 7.17. The van der Waals surface area contributed by atoms with Crippen LogP contribution in [0.5, 0.6) is 5.88 Å². The van der Waals surface area contributed by atoms with E-state index in [1.807, 2.05) is 13.0 Å². The number of hydrogen-bond donors (Lipinski definition) is 2.